The minimum absolute atomic E-state index is 0.0463. The third-order valence-corrected chi connectivity index (χ3v) is 6.85. The van der Waals surface area contributed by atoms with E-state index in [-0.39, 0.29) is 24.4 Å². The molecule has 3 atom stereocenters. The second-order valence-electron chi connectivity index (χ2n) is 9.95. The lowest BCUT2D eigenvalue weighted by molar-refractivity contribution is -0.173. The zero-order valence-corrected chi connectivity index (χ0v) is 22.2. The van der Waals surface area contributed by atoms with Crippen molar-refractivity contribution in [3.05, 3.63) is 29.7 Å². The number of hydrogen-bond donors (Lipinski definition) is 5. The Labute approximate surface area is 231 Å². The molecule has 0 aliphatic carbocycles. The number of likely N-dealkylation sites (tertiary alicyclic amines) is 1. The fourth-order valence-electron chi connectivity index (χ4n) is 4.81. The summed E-state index contributed by atoms with van der Waals surface area (Å²) in [4.78, 5) is 45.0. The largest absolute Gasteiger partial charge is 0.481 e. The topological polar surface area (TPSA) is 200 Å². The Morgan fingerprint density at radius 1 is 1.10 bits per heavy atom. The number of aromatic nitrogens is 4. The van der Waals surface area contributed by atoms with Crippen LogP contribution in [0.4, 0.5) is 19.0 Å². The lowest BCUT2D eigenvalue weighted by Crippen LogP contribution is -2.42. The number of aliphatic carboxylic acids is 3. The zero-order chi connectivity index (χ0) is 30.7. The van der Waals surface area contributed by atoms with E-state index in [1.54, 1.807) is 35.0 Å². The number of carboxylic acids is 3. The molecule has 0 spiro atoms. The van der Waals surface area contributed by atoms with E-state index in [1.165, 1.54) is 0 Å². The Kier molecular flexibility index (Phi) is 9.30. The van der Waals surface area contributed by atoms with Crippen LogP contribution in [-0.4, -0.2) is 93.1 Å². The van der Waals surface area contributed by atoms with Crippen molar-refractivity contribution in [2.24, 2.45) is 7.05 Å². The SMILES string of the molecule is CC[C@@H]1C[C@H](C(F)(F)F)n2nc(C3CCCN3C(=O)c3ccn(C)n3)cc2N1.O=C(O)CC(O)(CC(=O)O)C(=O)O. The normalized spacial score (nSPS) is 20.4. The van der Waals surface area contributed by atoms with Crippen LogP contribution >= 0.6 is 0 Å². The quantitative estimate of drug-likeness (QED) is 0.302. The average molecular weight is 589 g/mol. The van der Waals surface area contributed by atoms with Crippen LogP contribution in [0, 0.1) is 0 Å². The van der Waals surface area contributed by atoms with Gasteiger partial charge in [-0.2, -0.15) is 23.4 Å². The molecule has 1 fully saturated rings. The summed E-state index contributed by atoms with van der Waals surface area (Å²) < 4.78 is 43.3. The van der Waals surface area contributed by atoms with E-state index in [0.29, 0.717) is 36.6 Å². The predicted molar refractivity (Wildman–Crippen MR) is 133 cm³/mol. The van der Waals surface area contributed by atoms with Gasteiger partial charge in [-0.3, -0.25) is 19.1 Å². The van der Waals surface area contributed by atoms with E-state index < -0.39 is 48.6 Å². The van der Waals surface area contributed by atoms with Crippen molar-refractivity contribution in [1.82, 2.24) is 24.5 Å². The molecule has 17 heteroatoms. The van der Waals surface area contributed by atoms with Gasteiger partial charge in [-0.25, -0.2) is 9.48 Å². The van der Waals surface area contributed by atoms with Gasteiger partial charge in [0.25, 0.3) is 5.91 Å². The fraction of sp³-hybridized carbons (Fsp3) is 0.583. The summed E-state index contributed by atoms with van der Waals surface area (Å²) in [6.07, 6.45) is -2.97. The van der Waals surface area contributed by atoms with Gasteiger partial charge >= 0.3 is 24.1 Å². The first kappa shape index (κ1) is 31.4. The second-order valence-corrected chi connectivity index (χ2v) is 9.95. The van der Waals surface area contributed by atoms with Crippen molar-refractivity contribution in [2.75, 3.05) is 11.9 Å². The predicted octanol–water partition coefficient (Wildman–Crippen LogP) is 2.04. The standard InChI is InChI=1S/C18H23F3N6O.C6H8O7/c1-3-11-9-15(18(19,20)21)27-16(22-11)10-13(24-27)14-5-4-7-26(14)17(28)12-6-8-25(2)23-12;7-3(8)1-6(13,5(11)12)2-4(9)10/h6,8,10-11,14-15,22H,3-5,7,9H2,1-2H3;13H,1-2H2,(H,7,8)(H,9,10)(H,11,12)/t11-,14?,15-;/m1./s1. The first-order chi connectivity index (χ1) is 19.1. The molecule has 4 rings (SSSR count). The first-order valence-corrected chi connectivity index (χ1v) is 12.7. The van der Waals surface area contributed by atoms with Gasteiger partial charge in [-0.15, -0.1) is 0 Å². The zero-order valence-electron chi connectivity index (χ0n) is 22.2. The van der Waals surface area contributed by atoms with Crippen molar-refractivity contribution >= 4 is 29.6 Å². The maximum atomic E-state index is 13.6. The van der Waals surface area contributed by atoms with Gasteiger partial charge in [0.05, 0.1) is 24.6 Å². The number of carbonyl (C=O) groups is 4. The van der Waals surface area contributed by atoms with Gasteiger partial charge in [-0.1, -0.05) is 6.92 Å². The molecule has 0 bridgehead atoms. The first-order valence-electron chi connectivity index (χ1n) is 12.7. The second kappa shape index (κ2) is 12.2. The molecule has 14 nitrogen and oxygen atoms in total. The molecule has 0 radical (unpaired) electrons. The van der Waals surface area contributed by atoms with Gasteiger partial charge in [0.15, 0.2) is 11.6 Å². The number of fused-ring (bicyclic) bond motifs is 1. The fourth-order valence-corrected chi connectivity index (χ4v) is 4.81. The van der Waals surface area contributed by atoms with Crippen LogP contribution in [0.2, 0.25) is 0 Å². The van der Waals surface area contributed by atoms with Gasteiger partial charge in [0.2, 0.25) is 0 Å². The molecular formula is C24H31F3N6O8. The van der Waals surface area contributed by atoms with Crippen LogP contribution in [0.15, 0.2) is 18.3 Å². The molecule has 2 aromatic rings. The van der Waals surface area contributed by atoms with Crippen molar-refractivity contribution in [1.29, 1.82) is 0 Å². The minimum Gasteiger partial charge on any atom is -0.481 e. The average Bonchev–Trinajstić information content (AvgIpc) is 3.60. The Morgan fingerprint density at radius 2 is 1.73 bits per heavy atom. The monoisotopic (exact) mass is 588 g/mol. The molecule has 2 aliphatic rings. The van der Waals surface area contributed by atoms with Crippen LogP contribution in [0.5, 0.6) is 0 Å². The maximum absolute atomic E-state index is 13.6. The summed E-state index contributed by atoms with van der Waals surface area (Å²) in [6.45, 7) is 2.40. The molecular weight excluding hydrogens is 557 g/mol. The van der Waals surface area contributed by atoms with E-state index >= 15 is 0 Å². The Morgan fingerprint density at radius 3 is 2.22 bits per heavy atom. The number of anilines is 1. The van der Waals surface area contributed by atoms with E-state index in [0.717, 1.165) is 11.1 Å². The molecule has 1 saturated heterocycles. The number of aryl methyl sites for hydroxylation is 1. The molecule has 2 aromatic heterocycles. The van der Waals surface area contributed by atoms with Crippen LogP contribution in [0.25, 0.3) is 0 Å². The van der Waals surface area contributed by atoms with Crippen molar-refractivity contribution in [3.8, 4) is 0 Å². The highest BCUT2D eigenvalue weighted by molar-refractivity contribution is 5.92. The lowest BCUT2D eigenvalue weighted by atomic mass is 9.96. The van der Waals surface area contributed by atoms with Crippen LogP contribution in [-0.2, 0) is 21.4 Å². The summed E-state index contributed by atoms with van der Waals surface area (Å²) in [5.74, 6) is -4.87. The van der Waals surface area contributed by atoms with Crippen LogP contribution in [0.1, 0.15) is 73.7 Å². The Hall–Kier alpha value is -4.15. The lowest BCUT2D eigenvalue weighted by Gasteiger charge is -2.32. The third-order valence-electron chi connectivity index (χ3n) is 6.85. The Balaban J connectivity index is 0.000000302. The summed E-state index contributed by atoms with van der Waals surface area (Å²) in [5.41, 5.74) is -1.91. The number of aliphatic hydroxyl groups is 1. The van der Waals surface area contributed by atoms with E-state index in [4.69, 9.17) is 20.4 Å². The summed E-state index contributed by atoms with van der Waals surface area (Å²) in [5, 5.41) is 45.4. The summed E-state index contributed by atoms with van der Waals surface area (Å²) in [6, 6.07) is 1.06. The van der Waals surface area contributed by atoms with Gasteiger partial charge in [0.1, 0.15) is 11.5 Å². The number of rotatable bonds is 8. The molecule has 1 unspecified atom stereocenters. The van der Waals surface area contributed by atoms with E-state index in [2.05, 4.69) is 15.5 Å². The molecule has 5 N–H and O–H groups in total. The summed E-state index contributed by atoms with van der Waals surface area (Å²) >= 11 is 0. The van der Waals surface area contributed by atoms with Crippen LogP contribution < -0.4 is 5.32 Å². The van der Waals surface area contributed by atoms with Crippen molar-refractivity contribution in [3.63, 3.8) is 0 Å². The smallest absolute Gasteiger partial charge is 0.410 e. The van der Waals surface area contributed by atoms with Gasteiger partial charge in [0, 0.05) is 31.9 Å². The number of amides is 1. The molecule has 226 valence electrons. The number of carboxylic acid groups (broad SMARTS) is 3. The highest BCUT2D eigenvalue weighted by Gasteiger charge is 2.47. The third kappa shape index (κ3) is 7.33. The number of alkyl halides is 3. The number of nitrogens with zero attached hydrogens (tertiary/aromatic N) is 5. The highest BCUT2D eigenvalue weighted by Crippen LogP contribution is 2.42. The molecule has 2 aliphatic heterocycles. The number of halogens is 3. The van der Waals surface area contributed by atoms with Crippen molar-refractivity contribution < 1.29 is 52.8 Å². The van der Waals surface area contributed by atoms with Crippen molar-refractivity contribution in [2.45, 2.75) is 75.4 Å². The van der Waals surface area contributed by atoms with Gasteiger partial charge < -0.3 is 30.6 Å². The number of carbonyl (C=O) groups excluding carboxylic acids is 1. The summed E-state index contributed by atoms with van der Waals surface area (Å²) in [7, 11) is 1.73. The Bertz CT molecular complexity index is 1280. The van der Waals surface area contributed by atoms with E-state index in [9.17, 15) is 32.3 Å². The number of nitrogens with one attached hydrogen (secondary N) is 1. The van der Waals surface area contributed by atoms with Gasteiger partial charge in [-0.05, 0) is 31.7 Å². The molecule has 41 heavy (non-hydrogen) atoms. The van der Waals surface area contributed by atoms with Crippen LogP contribution in [0.3, 0.4) is 0 Å². The molecule has 0 aromatic carbocycles. The number of hydrogen-bond acceptors (Lipinski definition) is 8. The molecule has 0 saturated carbocycles. The van der Waals surface area contributed by atoms with E-state index in [1.807, 2.05) is 6.92 Å². The molecule has 1 amide bonds. The molecule has 4 heterocycles. The highest BCUT2D eigenvalue weighted by atomic mass is 19.4. The maximum Gasteiger partial charge on any atom is 0.410 e. The minimum atomic E-state index is -4.37.